The molecule has 0 saturated heterocycles. The highest BCUT2D eigenvalue weighted by Crippen LogP contribution is 2.41. The third kappa shape index (κ3) is 4.29. The summed E-state index contributed by atoms with van der Waals surface area (Å²) in [5.41, 5.74) is 2.91. The number of carboxylic acid groups (broad SMARTS) is 1. The highest BCUT2D eigenvalue weighted by atomic mass is 35.5. The number of carboxylic acids is 1. The highest BCUT2D eigenvalue weighted by Gasteiger charge is 2.27. The smallest absolute Gasteiger partial charge is 0.335 e. The maximum atomic E-state index is 15.3. The van der Waals surface area contributed by atoms with Gasteiger partial charge in [-0.05, 0) is 67.4 Å². The van der Waals surface area contributed by atoms with Gasteiger partial charge in [-0.3, -0.25) is 4.79 Å². The number of hydrogen-bond acceptors (Lipinski definition) is 3. The van der Waals surface area contributed by atoms with E-state index in [0.29, 0.717) is 34.0 Å². The van der Waals surface area contributed by atoms with E-state index in [9.17, 15) is 14.7 Å². The molecule has 9 heteroatoms. The van der Waals surface area contributed by atoms with Gasteiger partial charge in [0.15, 0.2) is 5.82 Å². The molecule has 1 aliphatic rings. The molecule has 0 saturated carbocycles. The van der Waals surface area contributed by atoms with E-state index in [4.69, 9.17) is 23.2 Å². The molecule has 0 unspecified atom stereocenters. The van der Waals surface area contributed by atoms with E-state index in [1.165, 1.54) is 23.9 Å². The summed E-state index contributed by atoms with van der Waals surface area (Å²) in [6.07, 6.45) is 0.703. The number of carbonyl (C=O) groups excluding carboxylic acids is 1. The average Bonchev–Trinajstić information content (AvgIpc) is 3.36. The number of carbonyl (C=O) groups is 2. The summed E-state index contributed by atoms with van der Waals surface area (Å²) in [6, 6.07) is 15.2. The first-order valence-electron chi connectivity index (χ1n) is 10.8. The van der Waals surface area contributed by atoms with Crippen molar-refractivity contribution >= 4 is 63.4 Å². The molecule has 0 aliphatic carbocycles. The van der Waals surface area contributed by atoms with Crippen LogP contribution in [0.15, 0.2) is 64.4 Å². The van der Waals surface area contributed by atoms with Gasteiger partial charge in [-0.25, -0.2) is 9.18 Å². The zero-order chi connectivity index (χ0) is 24.9. The normalized spacial score (nSPS) is 12.9. The second-order valence-electron chi connectivity index (χ2n) is 8.26. The van der Waals surface area contributed by atoms with Gasteiger partial charge in [-0.2, -0.15) is 0 Å². The van der Waals surface area contributed by atoms with E-state index in [1.54, 1.807) is 39.8 Å². The van der Waals surface area contributed by atoms with Crippen LogP contribution in [0.3, 0.4) is 0 Å². The van der Waals surface area contributed by atoms with Crippen molar-refractivity contribution in [1.29, 1.82) is 0 Å². The molecule has 5 rings (SSSR count). The number of rotatable bonds is 5. The summed E-state index contributed by atoms with van der Waals surface area (Å²) < 4.78 is 16.9. The number of anilines is 1. The minimum absolute atomic E-state index is 0.0331. The van der Waals surface area contributed by atoms with Crippen LogP contribution in [-0.2, 0) is 17.8 Å². The van der Waals surface area contributed by atoms with Gasteiger partial charge in [0.05, 0.1) is 16.1 Å². The van der Waals surface area contributed by atoms with Crippen LogP contribution >= 0.6 is 35.0 Å². The molecule has 3 aromatic carbocycles. The number of aromatic nitrogens is 1. The quantitative estimate of drug-likeness (QED) is 0.308. The standard InChI is InChI=1S/C26H19Cl2FN2O3S/c1-14-25(35-18-4-2-3-16(12-18)26(33)34)19-6-7-20(28)23(29)24(19)31(14)13-22(32)30-10-9-15-11-17(27)5-8-21(15)30/h2-8,11-12H,9-10,13H2,1H3,(H,33,34). The summed E-state index contributed by atoms with van der Waals surface area (Å²) in [6.45, 7) is 2.28. The van der Waals surface area contributed by atoms with Gasteiger partial charge in [0.2, 0.25) is 5.91 Å². The zero-order valence-electron chi connectivity index (χ0n) is 18.5. The molecule has 0 atom stereocenters. The lowest BCUT2D eigenvalue weighted by Crippen LogP contribution is -2.32. The predicted molar refractivity (Wildman–Crippen MR) is 137 cm³/mol. The summed E-state index contributed by atoms with van der Waals surface area (Å²) in [7, 11) is 0. The minimum Gasteiger partial charge on any atom is -0.478 e. The van der Waals surface area contributed by atoms with Crippen LogP contribution in [-0.4, -0.2) is 28.1 Å². The average molecular weight is 529 g/mol. The molecular weight excluding hydrogens is 510 g/mol. The Morgan fingerprint density at radius 1 is 1.11 bits per heavy atom. The fourth-order valence-corrected chi connectivity index (χ4v) is 5.91. The SMILES string of the molecule is Cc1c(Sc2cccc(C(=O)O)c2)c2ccc(Cl)c(F)c2n1CC(=O)N1CCc2cc(Cl)ccc21. The summed E-state index contributed by atoms with van der Waals surface area (Å²) in [5, 5.41) is 10.5. The zero-order valence-corrected chi connectivity index (χ0v) is 20.8. The lowest BCUT2D eigenvalue weighted by Gasteiger charge is -2.19. The van der Waals surface area contributed by atoms with Crippen LogP contribution in [0.1, 0.15) is 21.6 Å². The van der Waals surface area contributed by atoms with Crippen LogP contribution < -0.4 is 4.90 Å². The van der Waals surface area contributed by atoms with Crippen LogP contribution in [0.25, 0.3) is 10.9 Å². The number of amides is 1. The Morgan fingerprint density at radius 2 is 1.91 bits per heavy atom. The summed E-state index contributed by atoms with van der Waals surface area (Å²) in [5.74, 6) is -1.79. The predicted octanol–water partition coefficient (Wildman–Crippen LogP) is 6.83. The maximum absolute atomic E-state index is 15.3. The van der Waals surface area contributed by atoms with Crippen LogP contribution in [0.5, 0.6) is 0 Å². The van der Waals surface area contributed by atoms with Gasteiger partial charge in [0.1, 0.15) is 6.54 Å². The van der Waals surface area contributed by atoms with Crippen molar-refractivity contribution in [2.75, 3.05) is 11.4 Å². The Balaban J connectivity index is 1.56. The Kier molecular flexibility index (Phi) is 6.25. The minimum atomic E-state index is -1.03. The Hall–Kier alpha value is -3.00. The van der Waals surface area contributed by atoms with Gasteiger partial charge in [0.25, 0.3) is 0 Å². The third-order valence-corrected chi connectivity index (χ3v) is 7.89. The Labute approximate surface area is 215 Å². The van der Waals surface area contributed by atoms with Crippen molar-refractivity contribution in [3.05, 3.63) is 87.3 Å². The molecule has 178 valence electrons. The second kappa shape index (κ2) is 9.22. The largest absolute Gasteiger partial charge is 0.478 e. The number of aromatic carboxylic acids is 1. The first-order chi connectivity index (χ1) is 16.7. The van der Waals surface area contributed by atoms with E-state index < -0.39 is 11.8 Å². The lowest BCUT2D eigenvalue weighted by atomic mass is 10.2. The van der Waals surface area contributed by atoms with Crippen LogP contribution in [0.2, 0.25) is 10.0 Å². The molecule has 0 spiro atoms. The molecule has 0 radical (unpaired) electrons. The van der Waals surface area contributed by atoms with Crippen molar-refractivity contribution in [1.82, 2.24) is 4.57 Å². The van der Waals surface area contributed by atoms with Gasteiger partial charge >= 0.3 is 5.97 Å². The fourth-order valence-electron chi connectivity index (χ4n) is 4.46. The first kappa shape index (κ1) is 23.7. The highest BCUT2D eigenvalue weighted by molar-refractivity contribution is 7.99. The number of fused-ring (bicyclic) bond motifs is 2. The first-order valence-corrected chi connectivity index (χ1v) is 12.4. The molecule has 1 aliphatic heterocycles. The molecular formula is C26H19Cl2FN2O3S. The molecule has 1 amide bonds. The van der Waals surface area contributed by atoms with Crippen molar-refractivity contribution in [3.63, 3.8) is 0 Å². The van der Waals surface area contributed by atoms with Crippen LogP contribution in [0.4, 0.5) is 10.1 Å². The molecule has 2 heterocycles. The molecule has 1 N–H and O–H groups in total. The summed E-state index contributed by atoms with van der Waals surface area (Å²) in [4.78, 5) is 27.9. The maximum Gasteiger partial charge on any atom is 0.335 e. The van der Waals surface area contributed by atoms with Crippen LogP contribution in [0, 0.1) is 12.7 Å². The molecule has 35 heavy (non-hydrogen) atoms. The number of nitrogens with zero attached hydrogens (tertiary/aromatic N) is 2. The number of hydrogen-bond donors (Lipinski definition) is 1. The van der Waals surface area contributed by atoms with Crippen molar-refractivity contribution in [2.24, 2.45) is 0 Å². The lowest BCUT2D eigenvalue weighted by molar-refractivity contribution is -0.119. The van der Waals surface area contributed by atoms with Gasteiger partial charge in [-0.15, -0.1) is 0 Å². The Morgan fingerprint density at radius 3 is 2.69 bits per heavy atom. The van der Waals surface area contributed by atoms with Crippen molar-refractivity contribution in [3.8, 4) is 0 Å². The third-order valence-electron chi connectivity index (χ3n) is 6.15. The molecule has 4 aromatic rings. The molecule has 0 bridgehead atoms. The van der Waals surface area contributed by atoms with Gasteiger partial charge in [-0.1, -0.05) is 41.0 Å². The summed E-state index contributed by atoms with van der Waals surface area (Å²) >= 11 is 13.5. The van der Waals surface area contributed by atoms with Gasteiger partial charge < -0.3 is 14.6 Å². The monoisotopic (exact) mass is 528 g/mol. The Bertz CT molecular complexity index is 1520. The molecule has 5 nitrogen and oxygen atoms in total. The molecule has 0 fully saturated rings. The van der Waals surface area contributed by atoms with Crippen molar-refractivity contribution < 1.29 is 19.1 Å². The van der Waals surface area contributed by atoms with E-state index >= 15 is 4.39 Å². The van der Waals surface area contributed by atoms with Gasteiger partial charge in [0, 0.05) is 38.1 Å². The van der Waals surface area contributed by atoms with E-state index in [1.807, 2.05) is 19.1 Å². The van der Waals surface area contributed by atoms with E-state index in [0.717, 1.165) is 16.1 Å². The fraction of sp³-hybridized carbons (Fsp3) is 0.154. The van der Waals surface area contributed by atoms with E-state index in [-0.39, 0.29) is 28.6 Å². The second-order valence-corrected chi connectivity index (χ2v) is 10.2. The van der Waals surface area contributed by atoms with E-state index in [2.05, 4.69) is 0 Å². The number of halogens is 3. The number of benzene rings is 3. The topological polar surface area (TPSA) is 62.5 Å². The van der Waals surface area contributed by atoms with Crippen molar-refractivity contribution in [2.45, 2.75) is 29.7 Å². The molecule has 1 aromatic heterocycles.